The van der Waals surface area contributed by atoms with Gasteiger partial charge < -0.3 is 15.7 Å². The second kappa shape index (κ2) is 18.5. The smallest absolute Gasteiger partial charge is 0.255 e. The maximum absolute atomic E-state index is 13.4. The second-order valence-corrected chi connectivity index (χ2v) is 14.8. The topological polar surface area (TPSA) is 113 Å². The first-order valence-corrected chi connectivity index (χ1v) is 18.6. The van der Waals surface area contributed by atoms with Gasteiger partial charge in [-0.15, -0.1) is 0 Å². The minimum absolute atomic E-state index is 0.00260. The summed E-state index contributed by atoms with van der Waals surface area (Å²) in [7, 11) is -4.01. The van der Waals surface area contributed by atoms with Crippen molar-refractivity contribution in [1.29, 1.82) is 0 Å². The van der Waals surface area contributed by atoms with Crippen LogP contribution in [0.3, 0.4) is 0 Å². The van der Waals surface area contributed by atoms with Crippen molar-refractivity contribution in [2.24, 2.45) is 0 Å². The van der Waals surface area contributed by atoms with Crippen LogP contribution in [0.25, 0.3) is 0 Å². The van der Waals surface area contributed by atoms with Crippen molar-refractivity contribution in [3.05, 3.63) is 80.8 Å². The number of nitrogens with one attached hydrogen (secondary N) is 2. The van der Waals surface area contributed by atoms with Crippen LogP contribution in [-0.4, -0.2) is 30.6 Å². The Labute approximate surface area is 288 Å². The number of carbonyl (C=O) groups excluding carboxylic acids is 2. The monoisotopic (exact) mass is 708 g/mol. The first kappa shape index (κ1) is 37.7. The standard InChI is InChI=1S/C35H43Cl3N2O5S/c1-3-5-6-7-8-9-10-11-12-13-14-24-15-18-26(19-16-24)46(44,45)33(4-2)35(43)39-30-23-32(41)31(22-29(30)38)40-34(42)25-17-20-27(36)28(37)21-25/h15-23,33,41H,3-14H2,1-2H3,(H,39,43)(H,40,42). The average molecular weight is 710 g/mol. The zero-order chi connectivity index (χ0) is 33.7. The lowest BCUT2D eigenvalue weighted by molar-refractivity contribution is -0.115. The Morgan fingerprint density at radius 2 is 1.33 bits per heavy atom. The zero-order valence-corrected chi connectivity index (χ0v) is 29.5. The molecule has 0 radical (unpaired) electrons. The first-order valence-electron chi connectivity index (χ1n) is 15.9. The third-order valence-corrected chi connectivity index (χ3v) is 11.2. The molecule has 3 N–H and O–H groups in total. The molecule has 3 aromatic rings. The number of hydrogen-bond donors (Lipinski definition) is 3. The Kier molecular flexibility index (Phi) is 15.2. The summed E-state index contributed by atoms with van der Waals surface area (Å²) in [5.41, 5.74) is 1.24. The summed E-state index contributed by atoms with van der Waals surface area (Å²) >= 11 is 18.2. The predicted molar refractivity (Wildman–Crippen MR) is 189 cm³/mol. The van der Waals surface area contributed by atoms with Gasteiger partial charge in [0, 0.05) is 11.6 Å². The summed E-state index contributed by atoms with van der Waals surface area (Å²) in [6.45, 7) is 3.84. The fourth-order valence-corrected chi connectivity index (χ4v) is 7.31. The maximum atomic E-state index is 13.4. The van der Waals surface area contributed by atoms with Crippen LogP contribution in [0.5, 0.6) is 5.75 Å². The Bertz CT molecular complexity index is 1580. The number of phenols is 1. The molecule has 7 nitrogen and oxygen atoms in total. The lowest BCUT2D eigenvalue weighted by atomic mass is 10.0. The van der Waals surface area contributed by atoms with E-state index in [4.69, 9.17) is 34.8 Å². The minimum atomic E-state index is -4.01. The van der Waals surface area contributed by atoms with Crippen LogP contribution in [0.2, 0.25) is 15.1 Å². The van der Waals surface area contributed by atoms with E-state index in [2.05, 4.69) is 17.6 Å². The quantitative estimate of drug-likeness (QED) is 0.0899. The van der Waals surface area contributed by atoms with Crippen molar-refractivity contribution in [3.8, 4) is 5.75 Å². The summed E-state index contributed by atoms with van der Waals surface area (Å²) < 4.78 is 26.9. The molecule has 1 atom stereocenters. The number of sulfone groups is 1. The van der Waals surface area contributed by atoms with Crippen LogP contribution in [0, 0.1) is 0 Å². The number of carbonyl (C=O) groups is 2. The van der Waals surface area contributed by atoms with E-state index in [-0.39, 0.29) is 49.1 Å². The summed E-state index contributed by atoms with van der Waals surface area (Å²) in [4.78, 5) is 25.9. The molecule has 0 aliphatic carbocycles. The number of amides is 2. The molecular formula is C35H43Cl3N2O5S. The van der Waals surface area contributed by atoms with Gasteiger partial charge in [-0.25, -0.2) is 8.42 Å². The average Bonchev–Trinajstić information content (AvgIpc) is 3.02. The van der Waals surface area contributed by atoms with Crippen LogP contribution in [0.1, 0.15) is 100 Å². The lowest BCUT2D eigenvalue weighted by Gasteiger charge is -2.18. The van der Waals surface area contributed by atoms with Gasteiger partial charge in [-0.2, -0.15) is 0 Å². The van der Waals surface area contributed by atoms with Crippen molar-refractivity contribution in [3.63, 3.8) is 0 Å². The van der Waals surface area contributed by atoms with Crippen LogP contribution in [-0.2, 0) is 21.1 Å². The molecule has 11 heteroatoms. The first-order chi connectivity index (χ1) is 22.0. The van der Waals surface area contributed by atoms with Crippen LogP contribution < -0.4 is 10.6 Å². The number of aryl methyl sites for hydroxylation is 1. The van der Waals surface area contributed by atoms with Crippen molar-refractivity contribution in [2.75, 3.05) is 10.6 Å². The molecule has 0 bridgehead atoms. The highest BCUT2D eigenvalue weighted by atomic mass is 35.5. The molecule has 0 saturated carbocycles. The normalized spacial score (nSPS) is 12.1. The molecule has 250 valence electrons. The van der Waals surface area contributed by atoms with Crippen molar-refractivity contribution < 1.29 is 23.1 Å². The number of aromatic hydroxyl groups is 1. The maximum Gasteiger partial charge on any atom is 0.255 e. The number of rotatable bonds is 18. The van der Waals surface area contributed by atoms with Crippen LogP contribution >= 0.6 is 34.8 Å². The summed E-state index contributed by atoms with van der Waals surface area (Å²) in [5, 5.41) is 14.7. The van der Waals surface area contributed by atoms with E-state index in [0.717, 1.165) is 30.9 Å². The zero-order valence-electron chi connectivity index (χ0n) is 26.4. The van der Waals surface area contributed by atoms with Crippen LogP contribution in [0.15, 0.2) is 59.5 Å². The van der Waals surface area contributed by atoms with Crippen molar-refractivity contribution >= 4 is 67.8 Å². The van der Waals surface area contributed by atoms with Gasteiger partial charge in [0.1, 0.15) is 11.0 Å². The summed E-state index contributed by atoms with van der Waals surface area (Å²) in [6, 6.07) is 13.4. The Hall–Kier alpha value is -2.78. The van der Waals surface area contributed by atoms with Gasteiger partial charge >= 0.3 is 0 Å². The van der Waals surface area contributed by atoms with E-state index in [1.807, 2.05) is 12.1 Å². The molecule has 1 unspecified atom stereocenters. The molecule has 0 aromatic heterocycles. The van der Waals surface area contributed by atoms with Gasteiger partial charge in [0.2, 0.25) is 5.91 Å². The predicted octanol–water partition coefficient (Wildman–Crippen LogP) is 10.3. The summed E-state index contributed by atoms with van der Waals surface area (Å²) in [6.07, 6.45) is 13.4. The fraction of sp³-hybridized carbons (Fsp3) is 0.429. The second-order valence-electron chi connectivity index (χ2n) is 11.4. The van der Waals surface area contributed by atoms with Gasteiger partial charge in [-0.1, -0.05) is 119 Å². The minimum Gasteiger partial charge on any atom is -0.506 e. The molecule has 0 spiro atoms. The lowest BCUT2D eigenvalue weighted by Crippen LogP contribution is -2.34. The van der Waals surface area contributed by atoms with Gasteiger partial charge in [0.25, 0.3) is 5.91 Å². The number of phenolic OH excluding ortho intramolecular Hbond substituents is 1. The van der Waals surface area contributed by atoms with Crippen LogP contribution in [0.4, 0.5) is 11.4 Å². The molecule has 0 aliphatic rings. The van der Waals surface area contributed by atoms with Crippen molar-refractivity contribution in [2.45, 2.75) is 101 Å². The molecule has 0 saturated heterocycles. The van der Waals surface area contributed by atoms with E-state index < -0.39 is 26.9 Å². The van der Waals surface area contributed by atoms with Gasteiger partial charge in [0.05, 0.1) is 31.3 Å². The molecule has 2 amide bonds. The Morgan fingerprint density at radius 3 is 1.91 bits per heavy atom. The highest BCUT2D eigenvalue weighted by Crippen LogP contribution is 2.35. The van der Waals surface area contributed by atoms with Gasteiger partial charge in [-0.3, -0.25) is 9.59 Å². The third-order valence-electron chi connectivity index (χ3n) is 7.88. The van der Waals surface area contributed by atoms with Gasteiger partial charge in [-0.05, 0) is 61.2 Å². The number of benzene rings is 3. The largest absolute Gasteiger partial charge is 0.506 e. The number of anilines is 2. The van der Waals surface area contributed by atoms with E-state index in [1.165, 1.54) is 75.6 Å². The third kappa shape index (κ3) is 10.9. The molecule has 0 fully saturated rings. The number of halogens is 3. The SMILES string of the molecule is CCCCCCCCCCCCc1ccc(S(=O)(=O)C(CC)C(=O)Nc2cc(O)c(NC(=O)c3ccc(Cl)c(Cl)c3)cc2Cl)cc1. The number of hydrogen-bond acceptors (Lipinski definition) is 5. The Balaban J connectivity index is 1.56. The van der Waals surface area contributed by atoms with E-state index >= 15 is 0 Å². The molecule has 0 aliphatic heterocycles. The highest BCUT2D eigenvalue weighted by Gasteiger charge is 2.33. The Morgan fingerprint density at radius 1 is 0.717 bits per heavy atom. The molecule has 0 heterocycles. The highest BCUT2D eigenvalue weighted by molar-refractivity contribution is 7.92. The van der Waals surface area contributed by atoms with E-state index in [0.29, 0.717) is 0 Å². The van der Waals surface area contributed by atoms with Crippen molar-refractivity contribution in [1.82, 2.24) is 0 Å². The van der Waals surface area contributed by atoms with E-state index in [9.17, 15) is 23.1 Å². The molecule has 46 heavy (non-hydrogen) atoms. The van der Waals surface area contributed by atoms with Gasteiger partial charge in [0.15, 0.2) is 9.84 Å². The molecular weight excluding hydrogens is 667 g/mol. The fourth-order valence-electron chi connectivity index (χ4n) is 5.18. The number of unbranched alkanes of at least 4 members (excludes halogenated alkanes) is 9. The van der Waals surface area contributed by atoms with E-state index in [1.54, 1.807) is 19.1 Å². The molecule has 3 aromatic carbocycles. The molecule has 3 rings (SSSR count). The summed E-state index contributed by atoms with van der Waals surface area (Å²) in [5.74, 6) is -1.75.